The molecule has 46 heteroatoms. The van der Waals surface area contributed by atoms with Gasteiger partial charge in [0.1, 0.15) is 34.7 Å². The Balaban J connectivity index is 0.000000819. The number of hydrogen-bond acceptors (Lipinski definition) is 27. The summed E-state index contributed by atoms with van der Waals surface area (Å²) in [5, 5.41) is 76.6. The van der Waals surface area contributed by atoms with Crippen LogP contribution in [-0.2, 0) is 61.4 Å². The zero-order valence-corrected chi connectivity index (χ0v) is 70.3. The number of halogens is 4. The van der Waals surface area contributed by atoms with Gasteiger partial charge in [-0.15, -0.1) is 0 Å². The first-order valence-corrected chi connectivity index (χ1v) is 36.8. The number of aromatic nitrogens is 8. The van der Waals surface area contributed by atoms with Gasteiger partial charge in [-0.05, 0) is 84.3 Å². The largest absolute Gasteiger partial charge is 1.00 e. The molecule has 0 saturated carbocycles. The standard InChI is InChI=1S/C29H34FN7O6.C22H29N5O3.C9H11FN2O4.C7H7FN2O4.C5H8O2.C4H3FN2O2.CH4O.CH4.Na.H2O/c1-17(2)20-13-21(24(39)14-23(20)38)26(31)37(28(32)42)19-5-3-18(4-6-19)15-34-9-11-35(12-10-34)25(40)7-8-36-16-22(30)27(41)33-29(36)43;1-14(2)17-11-18(20(29)12-19(17)28)21(23)27(22(24)30)16-5-3-15(4-6-16)13-26-9-7-25-8-10-26;1-2-16-7(13)3-4-12-5-6(10)8(14)11-9(12)15;8-4-3-10(2-1-5(11)12)7(14)9-6(4)13;1-3-5(6)7-4-2;5-2-1-6-4(9)7-3(2)8;1-2;;;/h3-6,13-14,16-17,31,38-39H,7-12,15H2,1-2H3,(H2,32,42)(H,33,41,43);3-6,11-12,14,23,25,28-29H,7-10,13H2,1-2H3,(H2,24,30);5H,2-4H2,1H3,(H,11,14,15);3H,1-2H2,(H,11,12)(H,9,13,14);3H,1,4H2,2H3;1H,(H2,6,7,8,9);2H,1H3;1H4;;1H2/q;;;;;;;;+1;/p-1. The van der Waals surface area contributed by atoms with Crippen LogP contribution in [0.5, 0.6) is 23.0 Å². The van der Waals surface area contributed by atoms with Gasteiger partial charge in [0.15, 0.2) is 0 Å². The number of aliphatic hydroxyl groups is 1. The van der Waals surface area contributed by atoms with E-state index in [9.17, 15) is 105 Å². The number of carboxylic acid groups (broad SMARTS) is 1. The van der Waals surface area contributed by atoms with Crippen LogP contribution in [0.3, 0.4) is 0 Å². The van der Waals surface area contributed by atoms with E-state index in [0.29, 0.717) is 74.2 Å². The number of hydrogen-bond donors (Lipinski definition) is 16. The number of H-pyrrole nitrogens is 5. The average molecular weight is 1760 g/mol. The van der Waals surface area contributed by atoms with Crippen molar-refractivity contribution in [3.8, 4) is 23.0 Å². The van der Waals surface area contributed by atoms with Crippen LogP contribution in [0.25, 0.3) is 0 Å². The Morgan fingerprint density at radius 1 is 0.540 bits per heavy atom. The summed E-state index contributed by atoms with van der Waals surface area (Å²) in [4.78, 5) is 172. The zero-order chi connectivity index (χ0) is 90.7. The Morgan fingerprint density at radius 2 is 0.903 bits per heavy atom. The molecular formula is C78H101F4N18NaO23. The summed E-state index contributed by atoms with van der Waals surface area (Å²) >= 11 is 0. The van der Waals surface area contributed by atoms with Crippen molar-refractivity contribution in [3.05, 3.63) is 250 Å². The fourth-order valence-electron chi connectivity index (χ4n) is 11.1. The molecule has 0 unspecified atom stereocenters. The molecule has 2 fully saturated rings. The number of benzene rings is 4. The fourth-order valence-corrected chi connectivity index (χ4v) is 11.1. The van der Waals surface area contributed by atoms with Crippen LogP contribution in [0.15, 0.2) is 149 Å². The molecule has 2 aliphatic rings. The van der Waals surface area contributed by atoms with E-state index in [1.54, 1.807) is 70.1 Å². The fraction of sp³-hybridized carbons (Fsp3) is 0.359. The Kier molecular flexibility index (Phi) is 47.0. The van der Waals surface area contributed by atoms with Crippen LogP contribution in [0, 0.1) is 34.1 Å². The van der Waals surface area contributed by atoms with Crippen molar-refractivity contribution in [2.24, 2.45) is 11.5 Å². The summed E-state index contributed by atoms with van der Waals surface area (Å²) in [5.41, 5.74) is 7.90. The molecule has 0 aliphatic carbocycles. The summed E-state index contributed by atoms with van der Waals surface area (Å²) in [6.07, 6.45) is 3.71. The van der Waals surface area contributed by atoms with Crippen LogP contribution >= 0.6 is 0 Å². The van der Waals surface area contributed by atoms with Gasteiger partial charge in [-0.3, -0.25) is 87.8 Å². The SMILES string of the molecule is C.C=CC(=O)OCC.CC(C)c1cc(C(=N)N(C(N)=O)c2ccc(CN3CCN(C(=O)CCn4cc(F)c(=O)[nH]c4=O)CC3)cc2)c(O)cc1O.CC(C)c1cc(C(=N)N(C(N)=O)c2ccc(CN3CCNCC3)cc2)c(O)cc1O.CCOC(=O)CCn1cc(F)c(=O)[nH]c1=O.CO.O=C(O)CCn1cc(F)c(=O)[nH]c1=O.O=c1[nH]cc(F)c(=O)[nH]1.[Na+].[OH-]. The number of primary amides is 2. The van der Waals surface area contributed by atoms with Crippen LogP contribution in [0.1, 0.15) is 113 Å². The number of aromatic amines is 5. The van der Waals surface area contributed by atoms with Crippen molar-refractivity contribution in [1.29, 1.82) is 10.8 Å². The number of aryl methyl sites for hydroxylation is 3. The molecule has 19 N–H and O–H groups in total. The van der Waals surface area contributed by atoms with Gasteiger partial charge in [0.2, 0.25) is 29.2 Å². The number of nitrogens with one attached hydrogen (secondary N) is 8. The Hall–Kier alpha value is -13.2. The van der Waals surface area contributed by atoms with E-state index >= 15 is 0 Å². The number of aliphatic hydroxyl groups excluding tert-OH is 1. The summed E-state index contributed by atoms with van der Waals surface area (Å²) in [6, 6.07) is 17.8. The molecule has 6 heterocycles. The van der Waals surface area contributed by atoms with E-state index in [0.717, 1.165) is 99.0 Å². The normalized spacial score (nSPS) is 11.9. The number of carbonyl (C=O) groups is 6. The molecule has 41 nitrogen and oxygen atoms in total. The Bertz CT molecular complexity index is 5450. The van der Waals surface area contributed by atoms with Gasteiger partial charge >= 0.3 is 82.3 Å². The summed E-state index contributed by atoms with van der Waals surface area (Å²) in [7, 11) is 1.00. The van der Waals surface area contributed by atoms with E-state index in [1.165, 1.54) is 18.2 Å². The molecule has 10 rings (SSSR count). The van der Waals surface area contributed by atoms with Gasteiger partial charge in [0.05, 0.1) is 67.1 Å². The van der Waals surface area contributed by atoms with Crippen molar-refractivity contribution in [2.75, 3.05) is 82.5 Å². The second-order valence-electron chi connectivity index (χ2n) is 26.3. The average Bonchev–Trinajstić information content (AvgIpc) is 0.796. The van der Waals surface area contributed by atoms with E-state index in [-0.39, 0.29) is 157 Å². The van der Waals surface area contributed by atoms with Crippen molar-refractivity contribution in [1.82, 2.24) is 58.6 Å². The molecule has 0 atom stereocenters. The van der Waals surface area contributed by atoms with Crippen molar-refractivity contribution >= 4 is 58.9 Å². The quantitative estimate of drug-likeness (QED) is 0.0107. The molecule has 670 valence electrons. The number of rotatable bonds is 22. The maximum Gasteiger partial charge on any atom is 1.00 e. The number of aliphatic carboxylic acids is 1. The van der Waals surface area contributed by atoms with Gasteiger partial charge in [-0.1, -0.05) is 66.0 Å². The number of nitrogens with zero attached hydrogens (tertiary/aromatic N) is 8. The third kappa shape index (κ3) is 34.0. The number of urea groups is 2. The van der Waals surface area contributed by atoms with Crippen LogP contribution < -0.4 is 101 Å². The predicted molar refractivity (Wildman–Crippen MR) is 442 cm³/mol. The molecule has 2 saturated heterocycles. The maximum atomic E-state index is 13.5. The number of carbonyl (C=O) groups excluding carboxylic acids is 5. The predicted octanol–water partition coefficient (Wildman–Crippen LogP) is 0.181. The van der Waals surface area contributed by atoms with Crippen LogP contribution in [0.2, 0.25) is 0 Å². The van der Waals surface area contributed by atoms with Gasteiger partial charge in [0, 0.05) is 123 Å². The zero-order valence-electron chi connectivity index (χ0n) is 68.3. The van der Waals surface area contributed by atoms with E-state index in [1.807, 2.05) is 49.8 Å². The molecule has 124 heavy (non-hydrogen) atoms. The van der Waals surface area contributed by atoms with E-state index in [2.05, 4.69) is 31.2 Å². The van der Waals surface area contributed by atoms with E-state index < -0.39 is 92.3 Å². The minimum absolute atomic E-state index is 0. The number of ether oxygens (including phenoxy) is 2. The number of amides is 5. The molecular weight excluding hydrogens is 1660 g/mol. The number of anilines is 2. The third-order valence-electron chi connectivity index (χ3n) is 17.2. The third-order valence-corrected chi connectivity index (χ3v) is 17.2. The number of esters is 2. The smallest absolute Gasteiger partial charge is 0.870 e. The molecule has 4 aromatic carbocycles. The Labute approximate surface area is 726 Å². The first-order valence-electron chi connectivity index (χ1n) is 36.8. The molecule has 2 aliphatic heterocycles. The number of amidine groups is 2. The van der Waals surface area contributed by atoms with Gasteiger partial charge in [-0.25, -0.2) is 43.4 Å². The Morgan fingerprint density at radius 3 is 1.23 bits per heavy atom. The van der Waals surface area contributed by atoms with Crippen LogP contribution in [0.4, 0.5) is 38.5 Å². The molecule has 0 radical (unpaired) electrons. The number of aromatic hydroxyl groups is 4. The summed E-state index contributed by atoms with van der Waals surface area (Å²) in [6.45, 7) is 21.9. The molecule has 4 aromatic heterocycles. The van der Waals surface area contributed by atoms with Crippen molar-refractivity contribution in [2.45, 2.75) is 113 Å². The van der Waals surface area contributed by atoms with Gasteiger partial charge < -0.3 is 72.3 Å². The number of carboxylic acids is 1. The van der Waals surface area contributed by atoms with Crippen molar-refractivity contribution in [3.63, 3.8) is 0 Å². The topological polar surface area (TPSA) is 631 Å². The summed E-state index contributed by atoms with van der Waals surface area (Å²) in [5.74, 6) is -7.91. The molecule has 8 aromatic rings. The number of piperazine rings is 2. The van der Waals surface area contributed by atoms with Gasteiger partial charge in [0.25, 0.3) is 22.2 Å². The van der Waals surface area contributed by atoms with Crippen molar-refractivity contribution < 1.29 is 121 Å². The molecule has 0 spiro atoms. The van der Waals surface area contributed by atoms with Gasteiger partial charge in [-0.2, -0.15) is 17.6 Å². The summed E-state index contributed by atoms with van der Waals surface area (Å²) < 4.78 is 62.6. The first kappa shape index (κ1) is 109. The van der Waals surface area contributed by atoms with Crippen LogP contribution in [-0.4, -0.2) is 210 Å². The monoisotopic (exact) mass is 1760 g/mol. The molecule has 5 amide bonds. The number of nitrogens with two attached hydrogens (primary N) is 2. The number of phenols is 4. The minimum Gasteiger partial charge on any atom is -0.870 e. The second kappa shape index (κ2) is 53.6. The first-order chi connectivity index (χ1) is 57.2. The van der Waals surface area contributed by atoms with E-state index in [4.69, 9.17) is 32.5 Å². The minimum atomic E-state index is -1.12. The molecule has 0 bridgehead atoms. The number of phenolic OH excluding ortho intramolecular Hbond substituents is 4. The maximum absolute atomic E-state index is 13.5. The second-order valence-corrected chi connectivity index (χ2v) is 26.3.